The van der Waals surface area contributed by atoms with Gasteiger partial charge in [-0.2, -0.15) is 4.98 Å². The Labute approximate surface area is 186 Å². The van der Waals surface area contributed by atoms with E-state index < -0.39 is 0 Å². The molecule has 32 heavy (non-hydrogen) atoms. The Morgan fingerprint density at radius 2 is 1.78 bits per heavy atom. The number of hydrogen-bond donors (Lipinski definition) is 3. The zero-order valence-corrected chi connectivity index (χ0v) is 18.1. The zero-order valence-electron chi connectivity index (χ0n) is 18.1. The van der Waals surface area contributed by atoms with E-state index in [2.05, 4.69) is 48.8 Å². The molecule has 0 unspecified atom stereocenters. The molecule has 1 aromatic heterocycles. The lowest BCUT2D eigenvalue weighted by atomic mass is 10.2. The summed E-state index contributed by atoms with van der Waals surface area (Å²) in [6.07, 6.45) is 1.52. The number of para-hydroxylation sites is 2. The number of nitrogens with one attached hydrogen (secondary N) is 3. The van der Waals surface area contributed by atoms with E-state index in [4.69, 9.17) is 4.74 Å². The fourth-order valence-electron chi connectivity index (χ4n) is 3.89. The largest absolute Gasteiger partial charge is 0.494 e. The van der Waals surface area contributed by atoms with Crippen LogP contribution in [0.1, 0.15) is 10.4 Å². The summed E-state index contributed by atoms with van der Waals surface area (Å²) in [6.45, 7) is 4.04. The highest BCUT2D eigenvalue weighted by atomic mass is 16.5. The third kappa shape index (κ3) is 3.90. The number of nitrogens with zero attached hydrogens (tertiary/aromatic N) is 4. The number of amides is 1. The molecule has 0 aliphatic carbocycles. The second-order valence-electron chi connectivity index (χ2n) is 7.88. The van der Waals surface area contributed by atoms with Gasteiger partial charge in [0, 0.05) is 44.1 Å². The first kappa shape index (κ1) is 20.1. The maximum absolute atomic E-state index is 12.6. The predicted octanol–water partition coefficient (Wildman–Crippen LogP) is 3.29. The Bertz CT molecular complexity index is 1160. The van der Waals surface area contributed by atoms with E-state index in [-0.39, 0.29) is 5.91 Å². The summed E-state index contributed by atoms with van der Waals surface area (Å²) in [4.78, 5) is 26.1. The number of carbonyl (C=O) groups excluding carboxylic acids is 1. The van der Waals surface area contributed by atoms with Gasteiger partial charge >= 0.3 is 0 Å². The van der Waals surface area contributed by atoms with Gasteiger partial charge in [-0.05, 0) is 31.3 Å². The van der Waals surface area contributed by atoms with E-state index in [1.54, 1.807) is 7.11 Å². The number of anilines is 6. The van der Waals surface area contributed by atoms with Crippen LogP contribution < -0.4 is 25.6 Å². The average Bonchev–Trinajstić information content (AvgIpc) is 2.95. The first-order chi connectivity index (χ1) is 15.6. The van der Waals surface area contributed by atoms with E-state index in [1.807, 2.05) is 36.4 Å². The number of fused-ring (bicyclic) bond motifs is 2. The molecule has 1 fully saturated rings. The first-order valence-electron chi connectivity index (χ1n) is 10.5. The van der Waals surface area contributed by atoms with Crippen molar-refractivity contribution in [2.75, 3.05) is 61.2 Å². The molecule has 164 valence electrons. The molecule has 0 atom stereocenters. The highest BCUT2D eigenvalue weighted by Gasteiger charge is 2.21. The Hall–Kier alpha value is -3.85. The molecule has 2 aliphatic heterocycles. The lowest BCUT2D eigenvalue weighted by Gasteiger charge is -2.34. The van der Waals surface area contributed by atoms with Crippen LogP contribution in [0.2, 0.25) is 0 Å². The highest BCUT2D eigenvalue weighted by Crippen LogP contribution is 2.34. The van der Waals surface area contributed by atoms with Gasteiger partial charge in [-0.15, -0.1) is 0 Å². The molecule has 3 heterocycles. The standard InChI is InChI=1S/C23H25N7O2/c1-29-9-11-30(12-10-29)15-7-8-19(20(13-15)32-2)27-23-24-14-16-21(28-23)25-17-5-3-4-6-18(17)26-22(16)31/h3-8,13-14H,9-12H2,1-2H3,(H,26,31)(H2,24,25,27,28). The summed E-state index contributed by atoms with van der Waals surface area (Å²) in [6, 6.07) is 13.6. The van der Waals surface area contributed by atoms with Gasteiger partial charge in [-0.1, -0.05) is 12.1 Å². The van der Waals surface area contributed by atoms with Crippen molar-refractivity contribution in [1.82, 2.24) is 14.9 Å². The summed E-state index contributed by atoms with van der Waals surface area (Å²) < 4.78 is 5.63. The minimum atomic E-state index is -0.252. The Balaban J connectivity index is 1.40. The number of carbonyl (C=O) groups is 1. The molecular weight excluding hydrogens is 406 g/mol. The molecule has 0 spiro atoms. The molecule has 1 saturated heterocycles. The van der Waals surface area contributed by atoms with Crippen molar-refractivity contribution in [2.45, 2.75) is 0 Å². The summed E-state index contributed by atoms with van der Waals surface area (Å²) in [5.74, 6) is 1.26. The normalized spacial score (nSPS) is 15.7. The number of piperazine rings is 1. The number of hydrogen-bond acceptors (Lipinski definition) is 8. The SMILES string of the molecule is COc1cc(N2CCN(C)CC2)ccc1Nc1ncc2c(n1)Nc1ccccc1NC2=O. The average molecular weight is 432 g/mol. The van der Waals surface area contributed by atoms with Gasteiger partial charge in [0.25, 0.3) is 5.91 Å². The van der Waals surface area contributed by atoms with Crippen molar-refractivity contribution < 1.29 is 9.53 Å². The Morgan fingerprint density at radius 3 is 2.53 bits per heavy atom. The van der Waals surface area contributed by atoms with Crippen molar-refractivity contribution in [3.63, 3.8) is 0 Å². The van der Waals surface area contributed by atoms with Crippen LogP contribution in [-0.2, 0) is 0 Å². The molecule has 3 N–H and O–H groups in total. The maximum atomic E-state index is 12.6. The van der Waals surface area contributed by atoms with Gasteiger partial charge in [0.05, 0.1) is 24.2 Å². The minimum Gasteiger partial charge on any atom is -0.494 e. The number of ether oxygens (including phenoxy) is 1. The van der Waals surface area contributed by atoms with Crippen molar-refractivity contribution in [3.05, 3.63) is 54.2 Å². The van der Waals surface area contributed by atoms with Gasteiger partial charge in [0.15, 0.2) is 0 Å². The van der Waals surface area contributed by atoms with Crippen molar-refractivity contribution in [3.8, 4) is 5.75 Å². The summed E-state index contributed by atoms with van der Waals surface area (Å²) in [7, 11) is 3.79. The zero-order chi connectivity index (χ0) is 22.1. The molecule has 0 bridgehead atoms. The fraction of sp³-hybridized carbons (Fsp3) is 0.261. The van der Waals surface area contributed by atoms with Crippen LogP contribution in [0, 0.1) is 0 Å². The van der Waals surface area contributed by atoms with E-state index in [0.717, 1.165) is 43.2 Å². The van der Waals surface area contributed by atoms with Crippen molar-refractivity contribution >= 4 is 40.4 Å². The Morgan fingerprint density at radius 1 is 1.03 bits per heavy atom. The minimum absolute atomic E-state index is 0.252. The van der Waals surface area contributed by atoms with Gasteiger partial charge in [-0.3, -0.25) is 4.79 Å². The van der Waals surface area contributed by atoms with Crippen LogP contribution in [0.25, 0.3) is 0 Å². The highest BCUT2D eigenvalue weighted by molar-refractivity contribution is 6.11. The molecule has 9 nitrogen and oxygen atoms in total. The van der Waals surface area contributed by atoms with Gasteiger partial charge < -0.3 is 30.5 Å². The number of benzene rings is 2. The monoisotopic (exact) mass is 431 g/mol. The number of rotatable bonds is 4. The third-order valence-electron chi connectivity index (χ3n) is 5.76. The van der Waals surface area contributed by atoms with Crippen LogP contribution >= 0.6 is 0 Å². The number of methoxy groups -OCH3 is 1. The van der Waals surface area contributed by atoms with Gasteiger partial charge in [-0.25, -0.2) is 4.98 Å². The molecular formula is C23H25N7O2. The molecule has 5 rings (SSSR count). The van der Waals surface area contributed by atoms with E-state index in [9.17, 15) is 4.79 Å². The molecule has 2 aromatic carbocycles. The fourth-order valence-corrected chi connectivity index (χ4v) is 3.89. The first-order valence-corrected chi connectivity index (χ1v) is 10.5. The van der Waals surface area contributed by atoms with E-state index in [0.29, 0.717) is 28.8 Å². The van der Waals surface area contributed by atoms with Crippen molar-refractivity contribution in [2.24, 2.45) is 0 Å². The quantitative estimate of drug-likeness (QED) is 0.579. The smallest absolute Gasteiger partial charge is 0.261 e. The number of aromatic nitrogens is 2. The Kier molecular flexibility index (Phi) is 5.24. The van der Waals surface area contributed by atoms with Crippen LogP contribution in [0.4, 0.5) is 34.5 Å². The molecule has 2 aliphatic rings. The van der Waals surface area contributed by atoms with Crippen molar-refractivity contribution in [1.29, 1.82) is 0 Å². The second-order valence-corrected chi connectivity index (χ2v) is 7.88. The van der Waals surface area contributed by atoms with Crippen LogP contribution in [0.15, 0.2) is 48.7 Å². The summed E-state index contributed by atoms with van der Waals surface area (Å²) in [5, 5.41) is 9.33. The van der Waals surface area contributed by atoms with Crippen LogP contribution in [0.5, 0.6) is 5.75 Å². The second kappa shape index (κ2) is 8.35. The molecule has 3 aromatic rings. The van der Waals surface area contributed by atoms with E-state index in [1.165, 1.54) is 6.20 Å². The summed E-state index contributed by atoms with van der Waals surface area (Å²) in [5.41, 5.74) is 3.73. The third-order valence-corrected chi connectivity index (χ3v) is 5.76. The molecule has 0 radical (unpaired) electrons. The van der Waals surface area contributed by atoms with Crippen LogP contribution in [0.3, 0.4) is 0 Å². The van der Waals surface area contributed by atoms with Gasteiger partial charge in [0.1, 0.15) is 17.1 Å². The maximum Gasteiger partial charge on any atom is 0.261 e. The molecule has 0 saturated carbocycles. The lowest BCUT2D eigenvalue weighted by molar-refractivity contribution is 0.102. The lowest BCUT2D eigenvalue weighted by Crippen LogP contribution is -2.44. The van der Waals surface area contributed by atoms with E-state index >= 15 is 0 Å². The summed E-state index contributed by atoms with van der Waals surface area (Å²) >= 11 is 0. The van der Waals surface area contributed by atoms with Crippen LogP contribution in [-0.4, -0.2) is 61.1 Å². The number of likely N-dealkylation sites (N-methyl/N-ethyl adjacent to an activating group) is 1. The van der Waals surface area contributed by atoms with Gasteiger partial charge in [0.2, 0.25) is 5.95 Å². The topological polar surface area (TPSA) is 94.7 Å². The molecule has 9 heteroatoms. The predicted molar refractivity (Wildman–Crippen MR) is 126 cm³/mol. The molecule has 1 amide bonds.